The maximum absolute atomic E-state index is 11.5. The fourth-order valence-corrected chi connectivity index (χ4v) is 3.49. The summed E-state index contributed by atoms with van der Waals surface area (Å²) in [5.41, 5.74) is 3.85. The lowest BCUT2D eigenvalue weighted by molar-refractivity contribution is 0.0711. The predicted octanol–water partition coefficient (Wildman–Crippen LogP) is 3.96. The van der Waals surface area contributed by atoms with Crippen molar-refractivity contribution in [1.82, 2.24) is 10.8 Å². The van der Waals surface area contributed by atoms with Gasteiger partial charge in [-0.3, -0.25) is 10.0 Å². The molecule has 1 heterocycles. The van der Waals surface area contributed by atoms with Crippen LogP contribution in [-0.2, 0) is 13.1 Å². The zero-order valence-electron chi connectivity index (χ0n) is 12.2. The van der Waals surface area contributed by atoms with Gasteiger partial charge in [0.15, 0.2) is 0 Å². The Kier molecular flexibility index (Phi) is 4.93. The molecule has 1 amide bonds. The summed E-state index contributed by atoms with van der Waals surface area (Å²) in [6.45, 7) is 1.40. The topological polar surface area (TPSA) is 61.4 Å². The van der Waals surface area contributed by atoms with Gasteiger partial charge in [0.05, 0.1) is 4.88 Å². The van der Waals surface area contributed by atoms with Gasteiger partial charge in [0, 0.05) is 22.8 Å². The van der Waals surface area contributed by atoms with Crippen molar-refractivity contribution in [3.05, 3.63) is 69.6 Å². The summed E-state index contributed by atoms with van der Waals surface area (Å²) in [7, 11) is 0. The van der Waals surface area contributed by atoms with E-state index >= 15 is 0 Å². The second-order valence-electron chi connectivity index (χ2n) is 5.12. The number of thiophene rings is 1. The first-order valence-corrected chi connectivity index (χ1v) is 8.28. The van der Waals surface area contributed by atoms with E-state index in [9.17, 15) is 4.79 Å². The van der Waals surface area contributed by atoms with E-state index in [0.29, 0.717) is 18.0 Å². The maximum atomic E-state index is 11.5. The molecule has 0 aliphatic carbocycles. The zero-order valence-corrected chi connectivity index (χ0v) is 13.7. The lowest BCUT2D eigenvalue weighted by Gasteiger charge is -2.07. The van der Waals surface area contributed by atoms with E-state index in [1.54, 1.807) is 11.5 Å². The highest BCUT2D eigenvalue weighted by molar-refractivity contribution is 7.20. The van der Waals surface area contributed by atoms with Gasteiger partial charge >= 0.3 is 0 Å². The summed E-state index contributed by atoms with van der Waals surface area (Å²) < 4.78 is 1.01. The first-order valence-electron chi connectivity index (χ1n) is 7.08. The number of rotatable bonds is 5. The van der Waals surface area contributed by atoms with E-state index in [1.807, 2.05) is 42.5 Å². The Morgan fingerprint density at radius 1 is 1.13 bits per heavy atom. The molecule has 3 N–H and O–H groups in total. The van der Waals surface area contributed by atoms with Gasteiger partial charge in [-0.15, -0.1) is 11.3 Å². The number of hydroxylamine groups is 1. The van der Waals surface area contributed by atoms with Crippen molar-refractivity contribution >= 4 is 38.9 Å². The molecule has 1 aromatic heterocycles. The average Bonchev–Trinajstić information content (AvgIpc) is 2.99. The SMILES string of the molecule is O=C(NO)c1cc2cc(CNCc3ccccc3Cl)ccc2s1. The summed E-state index contributed by atoms with van der Waals surface area (Å²) in [6, 6.07) is 15.6. The van der Waals surface area contributed by atoms with Gasteiger partial charge in [-0.1, -0.05) is 35.9 Å². The molecule has 4 nitrogen and oxygen atoms in total. The fourth-order valence-electron chi connectivity index (χ4n) is 2.35. The summed E-state index contributed by atoms with van der Waals surface area (Å²) in [6.07, 6.45) is 0. The number of hydrogen-bond donors (Lipinski definition) is 3. The van der Waals surface area contributed by atoms with Crippen LogP contribution < -0.4 is 10.8 Å². The third-order valence-electron chi connectivity index (χ3n) is 3.51. The zero-order chi connectivity index (χ0) is 16.2. The Morgan fingerprint density at radius 3 is 2.74 bits per heavy atom. The van der Waals surface area contributed by atoms with Crippen molar-refractivity contribution in [3.63, 3.8) is 0 Å². The first kappa shape index (κ1) is 16.0. The number of nitrogens with one attached hydrogen (secondary N) is 2. The molecule has 0 radical (unpaired) electrons. The van der Waals surface area contributed by atoms with E-state index < -0.39 is 5.91 Å². The minimum atomic E-state index is -0.482. The standard InChI is InChI=1S/C17H15ClN2O2S/c18-14-4-2-1-3-12(14)10-19-9-11-5-6-15-13(7-11)8-16(23-15)17(21)20-22/h1-8,19,22H,9-10H2,(H,20,21). The van der Waals surface area contributed by atoms with Gasteiger partial charge in [0.25, 0.3) is 5.91 Å². The van der Waals surface area contributed by atoms with Crippen LogP contribution in [0.1, 0.15) is 20.8 Å². The van der Waals surface area contributed by atoms with Gasteiger partial charge in [-0.2, -0.15) is 0 Å². The van der Waals surface area contributed by atoms with E-state index in [4.69, 9.17) is 16.8 Å². The molecule has 2 aromatic carbocycles. The van der Waals surface area contributed by atoms with Crippen molar-refractivity contribution in [3.8, 4) is 0 Å². The molecule has 0 spiro atoms. The second-order valence-corrected chi connectivity index (χ2v) is 6.61. The van der Waals surface area contributed by atoms with Crippen molar-refractivity contribution < 1.29 is 10.0 Å². The minimum Gasteiger partial charge on any atom is -0.309 e. The third kappa shape index (κ3) is 3.71. The summed E-state index contributed by atoms with van der Waals surface area (Å²) in [5, 5.41) is 13.8. The molecule has 3 aromatic rings. The molecule has 0 atom stereocenters. The van der Waals surface area contributed by atoms with Crippen LogP contribution in [0, 0.1) is 0 Å². The van der Waals surface area contributed by atoms with E-state index in [0.717, 1.165) is 26.2 Å². The Hall–Kier alpha value is -1.92. The third-order valence-corrected chi connectivity index (χ3v) is 4.99. The molecule has 0 unspecified atom stereocenters. The molecule has 6 heteroatoms. The van der Waals surface area contributed by atoms with Crippen LogP contribution in [0.2, 0.25) is 5.02 Å². The van der Waals surface area contributed by atoms with Crippen molar-refractivity contribution in [1.29, 1.82) is 0 Å². The smallest absolute Gasteiger partial charge is 0.284 e. The van der Waals surface area contributed by atoms with Crippen LogP contribution in [0.15, 0.2) is 48.5 Å². The van der Waals surface area contributed by atoms with Gasteiger partial charge in [0.2, 0.25) is 0 Å². The average molecular weight is 347 g/mol. The molecule has 0 aliphatic heterocycles. The molecule has 0 aliphatic rings. The second kappa shape index (κ2) is 7.10. The van der Waals surface area contributed by atoms with Crippen LogP contribution in [0.3, 0.4) is 0 Å². The fraction of sp³-hybridized carbons (Fsp3) is 0.118. The lowest BCUT2D eigenvalue weighted by Crippen LogP contribution is -2.16. The van der Waals surface area contributed by atoms with Gasteiger partial charge in [0.1, 0.15) is 0 Å². The number of carbonyl (C=O) groups excluding carboxylic acids is 1. The van der Waals surface area contributed by atoms with Crippen LogP contribution in [0.4, 0.5) is 0 Å². The number of halogens is 1. The molecule has 0 bridgehead atoms. The number of amides is 1. The van der Waals surface area contributed by atoms with Crippen molar-refractivity contribution in [2.24, 2.45) is 0 Å². The number of carbonyl (C=O) groups is 1. The largest absolute Gasteiger partial charge is 0.309 e. The van der Waals surface area contributed by atoms with Crippen LogP contribution in [0.5, 0.6) is 0 Å². The first-order chi connectivity index (χ1) is 11.2. The molecular weight excluding hydrogens is 332 g/mol. The van der Waals surface area contributed by atoms with Crippen LogP contribution in [-0.4, -0.2) is 11.1 Å². The molecule has 0 fully saturated rings. The van der Waals surface area contributed by atoms with Crippen LogP contribution in [0.25, 0.3) is 10.1 Å². The predicted molar refractivity (Wildman–Crippen MR) is 93.1 cm³/mol. The summed E-state index contributed by atoms with van der Waals surface area (Å²) >= 11 is 7.48. The molecule has 0 saturated heterocycles. The number of fused-ring (bicyclic) bond motifs is 1. The Morgan fingerprint density at radius 2 is 1.96 bits per heavy atom. The normalized spacial score (nSPS) is 10.9. The van der Waals surface area contributed by atoms with E-state index in [1.165, 1.54) is 11.3 Å². The Balaban J connectivity index is 1.68. The summed E-state index contributed by atoms with van der Waals surface area (Å²) in [5.74, 6) is -0.482. The molecule has 3 rings (SSSR count). The molecular formula is C17H15ClN2O2S. The number of benzene rings is 2. The van der Waals surface area contributed by atoms with Gasteiger partial charge in [-0.05, 0) is 40.8 Å². The van der Waals surface area contributed by atoms with Gasteiger partial charge < -0.3 is 5.32 Å². The van der Waals surface area contributed by atoms with Crippen molar-refractivity contribution in [2.45, 2.75) is 13.1 Å². The maximum Gasteiger partial charge on any atom is 0.284 e. The lowest BCUT2D eigenvalue weighted by atomic mass is 10.1. The Bertz CT molecular complexity index is 847. The van der Waals surface area contributed by atoms with E-state index in [2.05, 4.69) is 5.32 Å². The highest BCUT2D eigenvalue weighted by Crippen LogP contribution is 2.26. The van der Waals surface area contributed by atoms with E-state index in [-0.39, 0.29) is 0 Å². The number of hydrogen-bond acceptors (Lipinski definition) is 4. The monoisotopic (exact) mass is 346 g/mol. The highest BCUT2D eigenvalue weighted by atomic mass is 35.5. The van der Waals surface area contributed by atoms with Crippen LogP contribution >= 0.6 is 22.9 Å². The Labute approximate surface area is 142 Å². The summed E-state index contributed by atoms with van der Waals surface area (Å²) in [4.78, 5) is 11.9. The highest BCUT2D eigenvalue weighted by Gasteiger charge is 2.09. The molecule has 0 saturated carbocycles. The minimum absolute atomic E-state index is 0.482. The van der Waals surface area contributed by atoms with Gasteiger partial charge in [-0.25, -0.2) is 5.48 Å². The molecule has 23 heavy (non-hydrogen) atoms. The quantitative estimate of drug-likeness (QED) is 0.484. The molecule has 118 valence electrons. The van der Waals surface area contributed by atoms with Crippen molar-refractivity contribution in [2.75, 3.05) is 0 Å².